The van der Waals surface area contributed by atoms with E-state index in [9.17, 15) is 22.8 Å². The number of alkyl halides is 3. The van der Waals surface area contributed by atoms with E-state index in [0.29, 0.717) is 11.3 Å². The lowest BCUT2D eigenvalue weighted by Crippen LogP contribution is -2.41. The minimum atomic E-state index is -4.48. The van der Waals surface area contributed by atoms with Crippen LogP contribution in [0.3, 0.4) is 0 Å². The largest absolute Gasteiger partial charge is 0.405 e. The molecule has 1 aromatic carbocycles. The van der Waals surface area contributed by atoms with Crippen LogP contribution in [-0.4, -0.2) is 43.0 Å². The Balaban J connectivity index is 2.53. The van der Waals surface area contributed by atoms with Gasteiger partial charge >= 0.3 is 6.18 Å². The van der Waals surface area contributed by atoms with E-state index in [2.05, 4.69) is 0 Å². The molecule has 8 heteroatoms. The van der Waals surface area contributed by atoms with Crippen molar-refractivity contribution in [2.45, 2.75) is 6.18 Å². The quantitative estimate of drug-likeness (QED) is 0.813. The monoisotopic (exact) mass is 289 g/mol. The molecule has 0 saturated carbocycles. The minimum Gasteiger partial charge on any atom is -0.399 e. The van der Waals surface area contributed by atoms with Crippen LogP contribution in [0.2, 0.25) is 0 Å². The zero-order valence-electron chi connectivity index (χ0n) is 10.7. The maximum absolute atomic E-state index is 11.9. The highest BCUT2D eigenvalue weighted by atomic mass is 19.4. The van der Waals surface area contributed by atoms with Crippen LogP contribution < -0.4 is 11.1 Å². The van der Waals surface area contributed by atoms with Crippen molar-refractivity contribution in [3.63, 3.8) is 0 Å². The Kier molecular flexibility index (Phi) is 4.95. The first-order valence-corrected chi connectivity index (χ1v) is 5.63. The summed E-state index contributed by atoms with van der Waals surface area (Å²) in [6, 6.07) is 5.99. The van der Waals surface area contributed by atoms with Crippen molar-refractivity contribution in [1.82, 2.24) is 10.2 Å². The van der Waals surface area contributed by atoms with Crippen molar-refractivity contribution in [1.29, 1.82) is 0 Å². The number of benzene rings is 1. The first-order valence-electron chi connectivity index (χ1n) is 5.63. The standard InChI is InChI=1S/C12H14F3N3O2/c1-18(6-10(19)17-7-12(13,14)15)11(20)8-2-4-9(16)5-3-8/h2-5H,6-7,16H2,1H3,(H,17,19). The fourth-order valence-corrected chi connectivity index (χ4v) is 1.39. The molecule has 0 unspecified atom stereocenters. The third-order valence-electron chi connectivity index (χ3n) is 2.37. The molecule has 0 aliphatic rings. The fourth-order valence-electron chi connectivity index (χ4n) is 1.39. The molecule has 0 radical (unpaired) electrons. The van der Waals surface area contributed by atoms with Gasteiger partial charge in [-0.1, -0.05) is 0 Å². The molecule has 0 heterocycles. The van der Waals surface area contributed by atoms with E-state index in [1.807, 2.05) is 0 Å². The van der Waals surface area contributed by atoms with E-state index < -0.39 is 31.1 Å². The van der Waals surface area contributed by atoms with Crippen LogP contribution in [-0.2, 0) is 4.79 Å². The third kappa shape index (κ3) is 5.17. The number of rotatable bonds is 4. The highest BCUT2D eigenvalue weighted by Crippen LogP contribution is 2.12. The first kappa shape index (κ1) is 15.8. The first-order chi connectivity index (χ1) is 9.19. The average Bonchev–Trinajstić information content (AvgIpc) is 2.35. The number of carbonyl (C=O) groups is 2. The highest BCUT2D eigenvalue weighted by molar-refractivity contribution is 5.96. The zero-order valence-corrected chi connectivity index (χ0v) is 10.7. The second-order valence-electron chi connectivity index (χ2n) is 4.18. The topological polar surface area (TPSA) is 75.4 Å². The maximum Gasteiger partial charge on any atom is 0.405 e. The van der Waals surface area contributed by atoms with Crippen molar-refractivity contribution < 1.29 is 22.8 Å². The van der Waals surface area contributed by atoms with E-state index in [-0.39, 0.29) is 0 Å². The molecule has 0 spiro atoms. The van der Waals surface area contributed by atoms with E-state index in [1.54, 1.807) is 5.32 Å². The summed E-state index contributed by atoms with van der Waals surface area (Å²) in [5.41, 5.74) is 6.24. The second kappa shape index (κ2) is 6.27. The Bertz CT molecular complexity index is 486. The summed E-state index contributed by atoms with van der Waals surface area (Å²) in [7, 11) is 1.33. The number of nitrogen functional groups attached to an aromatic ring is 1. The molecule has 0 fully saturated rings. The van der Waals surface area contributed by atoms with Crippen LogP contribution in [0, 0.1) is 0 Å². The molecular weight excluding hydrogens is 275 g/mol. The lowest BCUT2D eigenvalue weighted by molar-refractivity contribution is -0.138. The molecular formula is C12H14F3N3O2. The molecule has 2 amide bonds. The zero-order chi connectivity index (χ0) is 15.3. The molecule has 1 rings (SSSR count). The van der Waals surface area contributed by atoms with Gasteiger partial charge in [0.15, 0.2) is 0 Å². The number of hydrogen-bond acceptors (Lipinski definition) is 3. The predicted octanol–water partition coefficient (Wildman–Crippen LogP) is 1.02. The van der Waals surface area contributed by atoms with Crippen molar-refractivity contribution in [2.75, 3.05) is 25.9 Å². The van der Waals surface area contributed by atoms with Gasteiger partial charge in [0.1, 0.15) is 6.54 Å². The lowest BCUT2D eigenvalue weighted by Gasteiger charge is -2.17. The van der Waals surface area contributed by atoms with Gasteiger partial charge in [-0.05, 0) is 24.3 Å². The fraction of sp³-hybridized carbons (Fsp3) is 0.333. The van der Waals surface area contributed by atoms with E-state index in [0.717, 1.165) is 4.90 Å². The van der Waals surface area contributed by atoms with Crippen molar-refractivity contribution in [3.05, 3.63) is 29.8 Å². The Morgan fingerprint density at radius 3 is 2.30 bits per heavy atom. The van der Waals surface area contributed by atoms with Gasteiger partial charge in [-0.3, -0.25) is 9.59 Å². The highest BCUT2D eigenvalue weighted by Gasteiger charge is 2.28. The normalized spacial score (nSPS) is 11.0. The molecule has 0 aliphatic heterocycles. The van der Waals surface area contributed by atoms with Crippen LogP contribution in [0.1, 0.15) is 10.4 Å². The van der Waals surface area contributed by atoms with Gasteiger partial charge in [0, 0.05) is 18.3 Å². The summed E-state index contributed by atoms with van der Waals surface area (Å²) < 4.78 is 35.7. The summed E-state index contributed by atoms with van der Waals surface area (Å²) >= 11 is 0. The number of amides is 2. The molecule has 0 saturated heterocycles. The molecule has 5 nitrogen and oxygen atoms in total. The molecule has 20 heavy (non-hydrogen) atoms. The summed E-state index contributed by atoms with van der Waals surface area (Å²) in [5.74, 6) is -1.36. The molecule has 1 aromatic rings. The summed E-state index contributed by atoms with van der Waals surface area (Å²) in [6.45, 7) is -1.88. The number of nitrogens with zero attached hydrogens (tertiary/aromatic N) is 1. The Hall–Kier alpha value is -2.25. The van der Waals surface area contributed by atoms with Gasteiger partial charge in [0.25, 0.3) is 5.91 Å². The summed E-state index contributed by atoms with van der Waals surface area (Å²) in [5, 5.41) is 1.69. The summed E-state index contributed by atoms with van der Waals surface area (Å²) in [6.07, 6.45) is -4.48. The average molecular weight is 289 g/mol. The van der Waals surface area contributed by atoms with E-state index in [1.165, 1.54) is 31.3 Å². The molecule has 110 valence electrons. The maximum atomic E-state index is 11.9. The van der Waals surface area contributed by atoms with Gasteiger partial charge < -0.3 is 16.0 Å². The third-order valence-corrected chi connectivity index (χ3v) is 2.37. The van der Waals surface area contributed by atoms with Gasteiger partial charge in [0.2, 0.25) is 5.91 Å². The van der Waals surface area contributed by atoms with Gasteiger partial charge in [0.05, 0.1) is 6.54 Å². The molecule has 0 atom stereocenters. The number of nitrogens with two attached hydrogens (primary N) is 1. The molecule has 0 aliphatic carbocycles. The smallest absolute Gasteiger partial charge is 0.399 e. The van der Waals surface area contributed by atoms with Crippen molar-refractivity contribution in [3.8, 4) is 0 Å². The van der Waals surface area contributed by atoms with Crippen molar-refractivity contribution in [2.24, 2.45) is 0 Å². The van der Waals surface area contributed by atoms with Crippen LogP contribution >= 0.6 is 0 Å². The second-order valence-corrected chi connectivity index (χ2v) is 4.18. The number of hydrogen-bond donors (Lipinski definition) is 2. The Labute approximate surface area is 113 Å². The van der Waals surface area contributed by atoms with Crippen LogP contribution in [0.15, 0.2) is 24.3 Å². The Morgan fingerprint density at radius 1 is 1.25 bits per heavy atom. The Morgan fingerprint density at radius 2 is 1.80 bits per heavy atom. The number of halogens is 3. The lowest BCUT2D eigenvalue weighted by atomic mass is 10.2. The van der Waals surface area contributed by atoms with Crippen LogP contribution in [0.5, 0.6) is 0 Å². The van der Waals surface area contributed by atoms with Crippen molar-refractivity contribution >= 4 is 17.5 Å². The molecule has 0 bridgehead atoms. The SMILES string of the molecule is CN(CC(=O)NCC(F)(F)F)C(=O)c1ccc(N)cc1. The minimum absolute atomic E-state index is 0.297. The van der Waals surface area contributed by atoms with Gasteiger partial charge in [-0.2, -0.15) is 13.2 Å². The van der Waals surface area contributed by atoms with E-state index in [4.69, 9.17) is 5.73 Å². The molecule has 3 N–H and O–H groups in total. The van der Waals surface area contributed by atoms with E-state index >= 15 is 0 Å². The molecule has 0 aromatic heterocycles. The predicted molar refractivity (Wildman–Crippen MR) is 66.9 cm³/mol. The number of nitrogens with one attached hydrogen (secondary N) is 1. The van der Waals surface area contributed by atoms with Crippen LogP contribution in [0.4, 0.5) is 18.9 Å². The van der Waals surface area contributed by atoms with Gasteiger partial charge in [-0.15, -0.1) is 0 Å². The number of carbonyl (C=O) groups excluding carboxylic acids is 2. The number of likely N-dealkylation sites (N-methyl/N-ethyl adjacent to an activating group) is 1. The number of anilines is 1. The van der Waals surface area contributed by atoms with Gasteiger partial charge in [-0.25, -0.2) is 0 Å². The summed E-state index contributed by atoms with van der Waals surface area (Å²) in [4.78, 5) is 24.2. The van der Waals surface area contributed by atoms with Crippen LogP contribution in [0.25, 0.3) is 0 Å².